The number of aromatic nitrogens is 1. The van der Waals surface area contributed by atoms with Gasteiger partial charge < -0.3 is 9.90 Å². The second-order valence-corrected chi connectivity index (χ2v) is 7.51. The Morgan fingerprint density at radius 1 is 1.38 bits per heavy atom. The van der Waals surface area contributed by atoms with E-state index in [0.29, 0.717) is 5.69 Å². The molecule has 128 valence electrons. The molecule has 0 spiro atoms. The Labute approximate surface area is 172 Å². The van der Waals surface area contributed by atoms with Gasteiger partial charge in [-0.15, -0.1) is 0 Å². The molecule has 0 N–H and O–H groups in total. The third-order valence-electron chi connectivity index (χ3n) is 3.83. The molecule has 2 aliphatic heterocycles. The number of nitrogens with zero attached hydrogens (tertiary/aromatic N) is 2. The van der Waals surface area contributed by atoms with E-state index in [2.05, 4.69) is 11.6 Å². The van der Waals surface area contributed by atoms with Crippen molar-refractivity contribution in [3.05, 3.63) is 71.7 Å². The van der Waals surface area contributed by atoms with Crippen LogP contribution in [0, 0.1) is 0 Å². The van der Waals surface area contributed by atoms with Gasteiger partial charge in [-0.1, -0.05) is 30.9 Å². The number of hydrogen-bond acceptors (Lipinski definition) is 6. The predicted octanol–water partition coefficient (Wildman–Crippen LogP) is -3.19. The number of carbonyl (C=O) groups excluding carboxylic acids is 2. The fourth-order valence-electron chi connectivity index (χ4n) is 2.81. The summed E-state index contributed by atoms with van der Waals surface area (Å²) in [5, 5.41) is 10.2. The average molecular weight is 380 g/mol. The molecule has 0 saturated carbocycles. The molecule has 3 rings (SSSR count). The summed E-state index contributed by atoms with van der Waals surface area (Å²) in [5.74, 6) is -2.80. The van der Waals surface area contributed by atoms with Crippen LogP contribution in [0.2, 0.25) is 0 Å². The van der Waals surface area contributed by atoms with Crippen molar-refractivity contribution in [2.24, 2.45) is 0 Å². The first-order valence-corrected chi connectivity index (χ1v) is 8.99. The van der Waals surface area contributed by atoms with E-state index in [1.165, 1.54) is 30.5 Å². The summed E-state index contributed by atoms with van der Waals surface area (Å²) in [6.45, 7) is 3.45. The Morgan fingerprint density at radius 3 is 2.69 bits per heavy atom. The fourth-order valence-corrected chi connectivity index (χ4v) is 4.71. The van der Waals surface area contributed by atoms with E-state index < -0.39 is 38.5 Å². The molecule has 1 saturated heterocycles. The summed E-state index contributed by atoms with van der Waals surface area (Å²) >= 11 is 0. The van der Waals surface area contributed by atoms with Crippen LogP contribution >= 0.6 is 0 Å². The molecule has 0 radical (unpaired) electrons. The van der Waals surface area contributed by atoms with Crippen LogP contribution in [0.25, 0.3) is 6.08 Å². The van der Waals surface area contributed by atoms with Gasteiger partial charge in [0, 0.05) is 6.20 Å². The fraction of sp³-hybridized carbons (Fsp3) is 0.118. The van der Waals surface area contributed by atoms with E-state index in [1.54, 1.807) is 18.2 Å². The normalized spacial score (nSPS) is 22.6. The SMILES string of the molecule is C=C/C=C/C1=C(C(=O)[O-])N2C(=O)/C(=C/c3ccccn3)[C@H]2S(=O)(=O)C1.[Na+]. The van der Waals surface area contributed by atoms with Crippen LogP contribution in [0.4, 0.5) is 0 Å². The van der Waals surface area contributed by atoms with Crippen molar-refractivity contribution in [2.45, 2.75) is 5.37 Å². The monoisotopic (exact) mass is 380 g/mol. The van der Waals surface area contributed by atoms with E-state index in [1.807, 2.05) is 0 Å². The van der Waals surface area contributed by atoms with Crippen LogP contribution < -0.4 is 34.7 Å². The maximum atomic E-state index is 12.6. The number of aliphatic carboxylic acids is 1. The van der Waals surface area contributed by atoms with Crippen LogP contribution in [0.15, 0.2) is 66.0 Å². The molecule has 1 aromatic rings. The van der Waals surface area contributed by atoms with Crippen molar-refractivity contribution in [3.8, 4) is 0 Å². The Hall–Kier alpha value is -2.00. The van der Waals surface area contributed by atoms with Gasteiger partial charge in [0.1, 0.15) is 0 Å². The quantitative estimate of drug-likeness (QED) is 0.236. The molecule has 7 nitrogen and oxygen atoms in total. The zero-order valence-electron chi connectivity index (χ0n) is 14.0. The van der Waals surface area contributed by atoms with Gasteiger partial charge >= 0.3 is 29.6 Å². The van der Waals surface area contributed by atoms with Crippen molar-refractivity contribution in [1.29, 1.82) is 0 Å². The Balaban J connectivity index is 0.00000243. The van der Waals surface area contributed by atoms with E-state index in [9.17, 15) is 23.1 Å². The summed E-state index contributed by atoms with van der Waals surface area (Å²) in [6.07, 6.45) is 6.96. The minimum atomic E-state index is -3.80. The molecule has 2 aliphatic rings. The number of carbonyl (C=O) groups is 2. The number of pyridine rings is 1. The Morgan fingerprint density at radius 2 is 2.12 bits per heavy atom. The second kappa shape index (κ2) is 7.71. The van der Waals surface area contributed by atoms with Crippen LogP contribution in [0.3, 0.4) is 0 Å². The first-order valence-electron chi connectivity index (χ1n) is 7.28. The van der Waals surface area contributed by atoms with Crippen LogP contribution in [0.1, 0.15) is 5.69 Å². The van der Waals surface area contributed by atoms with E-state index in [4.69, 9.17) is 0 Å². The largest absolute Gasteiger partial charge is 1.00 e. The number of hydrogen-bond donors (Lipinski definition) is 0. The number of carboxylic acid groups (broad SMARTS) is 1. The minimum Gasteiger partial charge on any atom is -0.543 e. The number of fused-ring (bicyclic) bond motifs is 1. The van der Waals surface area contributed by atoms with E-state index in [0.717, 1.165) is 4.90 Å². The molecule has 0 aliphatic carbocycles. The topological polar surface area (TPSA) is 107 Å². The van der Waals surface area contributed by atoms with Gasteiger partial charge in [-0.2, -0.15) is 0 Å². The summed E-state index contributed by atoms with van der Waals surface area (Å²) in [4.78, 5) is 28.7. The average Bonchev–Trinajstić information content (AvgIpc) is 2.57. The molecule has 1 atom stereocenters. The van der Waals surface area contributed by atoms with Crippen molar-refractivity contribution in [3.63, 3.8) is 0 Å². The molecule has 26 heavy (non-hydrogen) atoms. The van der Waals surface area contributed by atoms with Crippen molar-refractivity contribution >= 4 is 27.8 Å². The van der Waals surface area contributed by atoms with Crippen LogP contribution in [0.5, 0.6) is 0 Å². The van der Waals surface area contributed by atoms with Gasteiger partial charge in [-0.3, -0.25) is 14.7 Å². The minimum absolute atomic E-state index is 0. The van der Waals surface area contributed by atoms with Gasteiger partial charge in [-0.05, 0) is 23.8 Å². The molecular formula is C17H13N2NaO5S. The summed E-state index contributed by atoms with van der Waals surface area (Å²) in [7, 11) is -3.80. The summed E-state index contributed by atoms with van der Waals surface area (Å²) in [5.41, 5.74) is -0.0382. The van der Waals surface area contributed by atoms with Crippen LogP contribution in [-0.4, -0.2) is 41.3 Å². The Kier molecular flexibility index (Phi) is 6.02. The van der Waals surface area contributed by atoms with Crippen molar-refractivity contribution in [1.82, 2.24) is 9.88 Å². The molecule has 3 heterocycles. The number of amides is 1. The first-order chi connectivity index (χ1) is 11.9. The number of carboxylic acids is 1. The second-order valence-electron chi connectivity index (χ2n) is 5.45. The number of sulfone groups is 1. The number of rotatable bonds is 4. The molecule has 1 aromatic heterocycles. The zero-order valence-corrected chi connectivity index (χ0v) is 16.8. The molecular weight excluding hydrogens is 367 g/mol. The van der Waals surface area contributed by atoms with Gasteiger partial charge in [0.25, 0.3) is 5.91 Å². The number of β-lactam (4-membered cyclic amide) rings is 1. The summed E-state index contributed by atoms with van der Waals surface area (Å²) in [6, 6.07) is 5.00. The first kappa shape index (κ1) is 20.3. The van der Waals surface area contributed by atoms with E-state index in [-0.39, 0.29) is 40.7 Å². The molecule has 0 unspecified atom stereocenters. The third kappa shape index (κ3) is 3.45. The standard InChI is InChI=1S/C17H14N2O5S.Na/c1-2-3-6-11-10-25(23,24)16-13(9-12-7-4-5-8-18-12)15(20)19(16)14(11)17(21)22;/h2-9,16H,1,10H2,(H,21,22);/q;+1/p-1/b6-3+,13-9-;/t16-;/m1./s1. The van der Waals surface area contributed by atoms with Crippen LogP contribution in [-0.2, 0) is 19.4 Å². The van der Waals surface area contributed by atoms with Crippen molar-refractivity contribution in [2.75, 3.05) is 5.75 Å². The maximum Gasteiger partial charge on any atom is 1.00 e. The molecule has 1 fully saturated rings. The maximum absolute atomic E-state index is 12.6. The summed E-state index contributed by atoms with van der Waals surface area (Å²) < 4.78 is 25.1. The van der Waals surface area contributed by atoms with Gasteiger partial charge in [-0.25, -0.2) is 8.42 Å². The Bertz CT molecular complexity index is 964. The van der Waals surface area contributed by atoms with Gasteiger partial charge in [0.15, 0.2) is 15.2 Å². The molecule has 1 amide bonds. The van der Waals surface area contributed by atoms with Gasteiger partial charge in [0.2, 0.25) is 0 Å². The van der Waals surface area contributed by atoms with Crippen molar-refractivity contribution < 1.29 is 52.7 Å². The molecule has 9 heteroatoms. The molecule has 0 aromatic carbocycles. The smallest absolute Gasteiger partial charge is 0.543 e. The zero-order chi connectivity index (χ0) is 18.2. The predicted molar refractivity (Wildman–Crippen MR) is 88.0 cm³/mol. The van der Waals surface area contributed by atoms with E-state index >= 15 is 0 Å². The van der Waals surface area contributed by atoms with Gasteiger partial charge in [0.05, 0.1) is 28.7 Å². The number of allylic oxidation sites excluding steroid dienone is 3. The molecule has 0 bridgehead atoms. The third-order valence-corrected chi connectivity index (χ3v) is 5.68.